The smallest absolute Gasteiger partial charge is 0.233 e. The van der Waals surface area contributed by atoms with Gasteiger partial charge in [-0.25, -0.2) is 9.97 Å². The Balaban J connectivity index is 1.77. The minimum Gasteiger partial charge on any atom is -0.291 e. The number of rotatable bonds is 3. The number of nitrogens with zero attached hydrogens (tertiary/aromatic N) is 3. The summed E-state index contributed by atoms with van der Waals surface area (Å²) in [6.07, 6.45) is 5.75. The number of fused-ring (bicyclic) bond motifs is 1. The molecule has 0 bridgehead atoms. The van der Waals surface area contributed by atoms with E-state index in [1.165, 1.54) is 4.90 Å². The number of thioether (sulfide) groups is 1. The van der Waals surface area contributed by atoms with Crippen molar-refractivity contribution in [3.8, 4) is 0 Å². The van der Waals surface area contributed by atoms with Crippen molar-refractivity contribution < 1.29 is 0 Å². The highest BCUT2D eigenvalue weighted by atomic mass is 32.2. The summed E-state index contributed by atoms with van der Waals surface area (Å²) in [5.41, 5.74) is 1.05. The van der Waals surface area contributed by atoms with Crippen molar-refractivity contribution in [1.29, 1.82) is 0 Å². The average Bonchev–Trinajstić information content (AvgIpc) is 2.80. The largest absolute Gasteiger partial charge is 0.291 e. The number of hydrogen-bond donors (Lipinski definition) is 0. The molecule has 2 aromatic heterocycles. The van der Waals surface area contributed by atoms with Gasteiger partial charge in [-0.15, -0.1) is 11.8 Å². The highest BCUT2D eigenvalue weighted by Crippen LogP contribution is 2.21. The molecule has 0 spiro atoms. The van der Waals surface area contributed by atoms with Crippen LogP contribution in [-0.2, 0) is 5.75 Å². The molecule has 3 nitrogen and oxygen atoms in total. The summed E-state index contributed by atoms with van der Waals surface area (Å²) in [6, 6.07) is 12.3. The van der Waals surface area contributed by atoms with Crippen LogP contribution in [0.2, 0.25) is 0 Å². The Hall–Kier alpha value is -1.81. The summed E-state index contributed by atoms with van der Waals surface area (Å²) in [4.78, 5) is 9.92. The maximum atomic E-state index is 4.46. The monoisotopic (exact) mass is 241 g/mol. The van der Waals surface area contributed by atoms with Crippen LogP contribution in [-0.4, -0.2) is 14.4 Å². The van der Waals surface area contributed by atoms with Gasteiger partial charge < -0.3 is 0 Å². The third-order valence-corrected chi connectivity index (χ3v) is 3.46. The lowest BCUT2D eigenvalue weighted by Gasteiger charge is -1.97. The van der Waals surface area contributed by atoms with E-state index in [0.717, 1.165) is 17.2 Å². The van der Waals surface area contributed by atoms with Gasteiger partial charge in [0.15, 0.2) is 0 Å². The molecule has 0 aliphatic rings. The van der Waals surface area contributed by atoms with Crippen LogP contribution in [0, 0.1) is 0 Å². The molecule has 0 fully saturated rings. The Morgan fingerprint density at radius 3 is 2.82 bits per heavy atom. The predicted octanol–water partition coefficient (Wildman–Crippen LogP) is 3.02. The van der Waals surface area contributed by atoms with E-state index < -0.39 is 0 Å². The van der Waals surface area contributed by atoms with Gasteiger partial charge in [-0.3, -0.25) is 4.40 Å². The van der Waals surface area contributed by atoms with Crippen molar-refractivity contribution in [2.45, 2.75) is 10.6 Å². The predicted molar refractivity (Wildman–Crippen MR) is 69.0 cm³/mol. The molecular formula is C13H11N3S. The quantitative estimate of drug-likeness (QED) is 0.660. The van der Waals surface area contributed by atoms with Gasteiger partial charge in [-0.05, 0) is 18.2 Å². The summed E-state index contributed by atoms with van der Waals surface area (Å²) >= 11 is 1.79. The second kappa shape index (κ2) is 4.59. The van der Waals surface area contributed by atoms with Crippen LogP contribution in [0.5, 0.6) is 0 Å². The van der Waals surface area contributed by atoms with Gasteiger partial charge in [0.2, 0.25) is 5.78 Å². The topological polar surface area (TPSA) is 30.2 Å². The first-order valence-electron chi connectivity index (χ1n) is 5.38. The van der Waals surface area contributed by atoms with Gasteiger partial charge in [0.05, 0.1) is 5.69 Å². The van der Waals surface area contributed by atoms with Gasteiger partial charge in [0, 0.05) is 29.2 Å². The fourth-order valence-electron chi connectivity index (χ4n) is 1.62. The molecule has 0 atom stereocenters. The Morgan fingerprint density at radius 2 is 2.00 bits per heavy atom. The molecule has 0 saturated carbocycles. The third-order valence-electron chi connectivity index (χ3n) is 2.42. The van der Waals surface area contributed by atoms with E-state index in [0.29, 0.717) is 0 Å². The molecule has 0 aliphatic carbocycles. The lowest BCUT2D eigenvalue weighted by atomic mass is 10.4. The van der Waals surface area contributed by atoms with E-state index in [1.54, 1.807) is 18.0 Å². The van der Waals surface area contributed by atoms with Crippen LogP contribution in [0.3, 0.4) is 0 Å². The first kappa shape index (κ1) is 10.4. The van der Waals surface area contributed by atoms with Gasteiger partial charge >= 0.3 is 0 Å². The first-order chi connectivity index (χ1) is 8.42. The maximum absolute atomic E-state index is 4.46. The molecule has 4 heteroatoms. The molecule has 0 aliphatic heterocycles. The normalized spacial score (nSPS) is 10.8. The molecule has 0 N–H and O–H groups in total. The van der Waals surface area contributed by atoms with E-state index in [9.17, 15) is 0 Å². The van der Waals surface area contributed by atoms with Crippen molar-refractivity contribution in [3.05, 3.63) is 60.7 Å². The molecule has 3 aromatic rings. The fraction of sp³-hybridized carbons (Fsp3) is 0.0769. The zero-order chi connectivity index (χ0) is 11.5. The van der Waals surface area contributed by atoms with Gasteiger partial charge in [0.25, 0.3) is 0 Å². The van der Waals surface area contributed by atoms with Crippen molar-refractivity contribution in [3.63, 3.8) is 0 Å². The standard InChI is InChI=1S/C13H11N3S/c1-2-5-12(6-3-1)17-10-11-9-16-8-4-7-14-13(16)15-11/h1-9H,10H2. The fourth-order valence-corrected chi connectivity index (χ4v) is 2.43. The van der Waals surface area contributed by atoms with Crippen LogP contribution in [0.4, 0.5) is 0 Å². The third kappa shape index (κ3) is 2.31. The van der Waals surface area contributed by atoms with E-state index in [1.807, 2.05) is 41.1 Å². The van der Waals surface area contributed by atoms with Crippen LogP contribution < -0.4 is 0 Å². The SMILES string of the molecule is c1ccc(SCc2cn3cccnc3n2)cc1. The molecule has 2 heterocycles. The van der Waals surface area contributed by atoms with E-state index >= 15 is 0 Å². The molecule has 17 heavy (non-hydrogen) atoms. The summed E-state index contributed by atoms with van der Waals surface area (Å²) in [5.74, 6) is 1.63. The molecular weight excluding hydrogens is 230 g/mol. The Morgan fingerprint density at radius 1 is 1.12 bits per heavy atom. The zero-order valence-electron chi connectivity index (χ0n) is 9.15. The number of imidazole rings is 1. The lowest BCUT2D eigenvalue weighted by molar-refractivity contribution is 1.11. The summed E-state index contributed by atoms with van der Waals surface area (Å²) in [6.45, 7) is 0. The van der Waals surface area contributed by atoms with Crippen LogP contribution in [0.1, 0.15) is 5.69 Å². The second-order valence-electron chi connectivity index (χ2n) is 3.66. The van der Waals surface area contributed by atoms with Gasteiger partial charge in [0.1, 0.15) is 0 Å². The van der Waals surface area contributed by atoms with Crippen molar-refractivity contribution in [2.75, 3.05) is 0 Å². The molecule has 84 valence electrons. The number of hydrogen-bond acceptors (Lipinski definition) is 3. The summed E-state index contributed by atoms with van der Waals surface area (Å²) in [7, 11) is 0. The molecule has 3 rings (SSSR count). The van der Waals surface area contributed by atoms with Crippen LogP contribution in [0.25, 0.3) is 5.78 Å². The van der Waals surface area contributed by atoms with Crippen molar-refractivity contribution in [1.82, 2.24) is 14.4 Å². The van der Waals surface area contributed by atoms with E-state index in [-0.39, 0.29) is 0 Å². The van der Waals surface area contributed by atoms with Crippen LogP contribution >= 0.6 is 11.8 Å². The minimum atomic E-state index is 0.760. The zero-order valence-corrected chi connectivity index (χ0v) is 9.97. The average molecular weight is 241 g/mol. The molecule has 0 unspecified atom stereocenters. The Labute approximate surface area is 104 Å². The summed E-state index contributed by atoms with van der Waals surface area (Å²) in [5, 5.41) is 0. The molecule has 0 radical (unpaired) electrons. The summed E-state index contributed by atoms with van der Waals surface area (Å²) < 4.78 is 1.95. The Kier molecular flexibility index (Phi) is 2.80. The molecule has 0 amide bonds. The van der Waals surface area contributed by atoms with Gasteiger partial charge in [-0.2, -0.15) is 0 Å². The van der Waals surface area contributed by atoms with Crippen molar-refractivity contribution in [2.24, 2.45) is 0 Å². The molecule has 1 aromatic carbocycles. The highest BCUT2D eigenvalue weighted by molar-refractivity contribution is 7.98. The van der Waals surface area contributed by atoms with E-state index in [2.05, 4.69) is 22.1 Å². The lowest BCUT2D eigenvalue weighted by Crippen LogP contribution is -1.83. The van der Waals surface area contributed by atoms with Gasteiger partial charge in [-0.1, -0.05) is 18.2 Å². The Bertz CT molecular complexity index is 586. The number of benzene rings is 1. The second-order valence-corrected chi connectivity index (χ2v) is 4.71. The molecule has 0 saturated heterocycles. The first-order valence-corrected chi connectivity index (χ1v) is 6.37. The van der Waals surface area contributed by atoms with Crippen molar-refractivity contribution >= 4 is 17.5 Å². The number of aromatic nitrogens is 3. The minimum absolute atomic E-state index is 0.760. The highest BCUT2D eigenvalue weighted by Gasteiger charge is 2.02. The van der Waals surface area contributed by atoms with Crippen LogP contribution in [0.15, 0.2) is 59.9 Å². The van der Waals surface area contributed by atoms with E-state index in [4.69, 9.17) is 0 Å². The maximum Gasteiger partial charge on any atom is 0.233 e.